The molecule has 2 amide bonds. The standard InChI is InChI=1S/C21H24BrClN2O5S/c1-13(30-19-5-4-16(23)8-18(19)22)20(26)25-10-14-7-17(25)11-24(9-14)21(27)15-3-2-6-31(28,29)12-15/h4-5,8,12-14,17H,2-3,6-7,9-11H2,1H3. The third-order valence-electron chi connectivity index (χ3n) is 6.00. The topological polar surface area (TPSA) is 84.0 Å². The van der Waals surface area contributed by atoms with Crippen molar-refractivity contribution in [2.45, 2.75) is 38.3 Å². The average Bonchev–Trinajstić information content (AvgIpc) is 3.01. The van der Waals surface area contributed by atoms with Crippen LogP contribution >= 0.6 is 27.5 Å². The van der Waals surface area contributed by atoms with Crippen molar-refractivity contribution >= 4 is 49.2 Å². The van der Waals surface area contributed by atoms with E-state index in [1.165, 1.54) is 0 Å². The highest BCUT2D eigenvalue weighted by molar-refractivity contribution is 9.10. The van der Waals surface area contributed by atoms with E-state index in [2.05, 4.69) is 15.9 Å². The smallest absolute Gasteiger partial charge is 0.263 e. The zero-order valence-electron chi connectivity index (χ0n) is 17.1. The summed E-state index contributed by atoms with van der Waals surface area (Å²) >= 11 is 9.36. The maximum absolute atomic E-state index is 13.1. The number of hydrogen-bond donors (Lipinski definition) is 0. The Labute approximate surface area is 195 Å². The predicted molar refractivity (Wildman–Crippen MR) is 121 cm³/mol. The van der Waals surface area contributed by atoms with Crippen LogP contribution in [0.2, 0.25) is 5.02 Å². The quantitative estimate of drug-likeness (QED) is 0.596. The van der Waals surface area contributed by atoms with Gasteiger partial charge in [-0.3, -0.25) is 9.59 Å². The van der Waals surface area contributed by atoms with Crippen molar-refractivity contribution in [2.24, 2.45) is 5.92 Å². The van der Waals surface area contributed by atoms with E-state index in [9.17, 15) is 18.0 Å². The Bertz CT molecular complexity index is 1040. The second-order valence-corrected chi connectivity index (χ2v) is 11.7. The van der Waals surface area contributed by atoms with Gasteiger partial charge in [-0.15, -0.1) is 0 Å². The van der Waals surface area contributed by atoms with E-state index in [1.807, 2.05) is 0 Å². The monoisotopic (exact) mass is 530 g/mol. The molecule has 3 unspecified atom stereocenters. The minimum absolute atomic E-state index is 0.0873. The summed E-state index contributed by atoms with van der Waals surface area (Å²) in [7, 11) is -3.30. The van der Waals surface area contributed by atoms with Crippen molar-refractivity contribution in [3.63, 3.8) is 0 Å². The number of rotatable bonds is 4. The molecule has 0 aromatic heterocycles. The molecule has 0 N–H and O–H groups in total. The molecule has 4 rings (SSSR count). The average molecular weight is 532 g/mol. The lowest BCUT2D eigenvalue weighted by atomic mass is 9.98. The Morgan fingerprint density at radius 3 is 2.74 bits per heavy atom. The van der Waals surface area contributed by atoms with Gasteiger partial charge in [0.1, 0.15) is 5.75 Å². The molecule has 0 spiro atoms. The zero-order valence-corrected chi connectivity index (χ0v) is 20.2. The van der Waals surface area contributed by atoms with E-state index in [-0.39, 0.29) is 29.5 Å². The number of nitrogens with zero attached hydrogens (tertiary/aromatic N) is 2. The van der Waals surface area contributed by atoms with E-state index in [1.54, 1.807) is 34.9 Å². The molecule has 3 heterocycles. The number of hydrogen-bond acceptors (Lipinski definition) is 5. The number of piperidine rings is 1. The second-order valence-electron chi connectivity index (χ2n) is 8.40. The van der Waals surface area contributed by atoms with Crippen molar-refractivity contribution in [2.75, 3.05) is 25.4 Å². The fourth-order valence-corrected chi connectivity index (χ4v) is 6.69. The van der Waals surface area contributed by atoms with Crippen molar-refractivity contribution in [1.29, 1.82) is 0 Å². The fourth-order valence-electron chi connectivity index (χ4n) is 4.60. The van der Waals surface area contributed by atoms with Gasteiger partial charge < -0.3 is 14.5 Å². The van der Waals surface area contributed by atoms with Gasteiger partial charge in [0.25, 0.3) is 11.8 Å². The first kappa shape index (κ1) is 22.6. The van der Waals surface area contributed by atoms with Crippen LogP contribution in [0.4, 0.5) is 0 Å². The molecule has 2 bridgehead atoms. The minimum Gasteiger partial charge on any atom is -0.480 e. The molecule has 10 heteroatoms. The Balaban J connectivity index is 1.42. The number of benzene rings is 1. The summed E-state index contributed by atoms with van der Waals surface area (Å²) in [5.41, 5.74) is 0.356. The number of sulfone groups is 1. The fraction of sp³-hybridized carbons (Fsp3) is 0.524. The molecule has 3 aliphatic heterocycles. The SMILES string of the molecule is CC(Oc1ccc(Cl)cc1Br)C(=O)N1CC2CC1CN(C(=O)C1=CS(=O)(=O)CCC1)C2. The summed E-state index contributed by atoms with van der Waals surface area (Å²) in [6, 6.07) is 5.03. The van der Waals surface area contributed by atoms with Gasteiger partial charge in [0.05, 0.1) is 10.2 Å². The van der Waals surface area contributed by atoms with Gasteiger partial charge in [0.15, 0.2) is 15.9 Å². The van der Waals surface area contributed by atoms with Crippen LogP contribution in [0.1, 0.15) is 26.2 Å². The zero-order chi connectivity index (χ0) is 22.3. The third kappa shape index (κ3) is 4.93. The molecular weight excluding hydrogens is 508 g/mol. The lowest BCUT2D eigenvalue weighted by Crippen LogP contribution is -2.49. The van der Waals surface area contributed by atoms with Crippen molar-refractivity contribution < 1.29 is 22.7 Å². The molecule has 168 valence electrons. The molecule has 2 saturated heterocycles. The first-order chi connectivity index (χ1) is 14.6. The highest BCUT2D eigenvalue weighted by atomic mass is 79.9. The number of likely N-dealkylation sites (tertiary alicyclic amines) is 2. The lowest BCUT2D eigenvalue weighted by Gasteiger charge is -2.34. The molecule has 0 aliphatic carbocycles. The molecule has 7 nitrogen and oxygen atoms in total. The number of carbonyl (C=O) groups excluding carboxylic acids is 2. The summed E-state index contributed by atoms with van der Waals surface area (Å²) in [4.78, 5) is 29.5. The van der Waals surface area contributed by atoms with Crippen LogP contribution < -0.4 is 4.74 Å². The maximum Gasteiger partial charge on any atom is 0.263 e. The number of carbonyl (C=O) groups is 2. The molecule has 3 aliphatic rings. The van der Waals surface area contributed by atoms with E-state index >= 15 is 0 Å². The largest absolute Gasteiger partial charge is 0.480 e. The molecule has 1 aromatic carbocycles. The van der Waals surface area contributed by atoms with Crippen LogP contribution in [0.5, 0.6) is 5.75 Å². The van der Waals surface area contributed by atoms with Gasteiger partial charge >= 0.3 is 0 Å². The first-order valence-electron chi connectivity index (χ1n) is 10.3. The van der Waals surface area contributed by atoms with Crippen LogP contribution in [0, 0.1) is 5.92 Å². The molecule has 0 radical (unpaired) electrons. The van der Waals surface area contributed by atoms with Crippen LogP contribution in [-0.4, -0.2) is 67.6 Å². The van der Waals surface area contributed by atoms with Crippen LogP contribution in [0.25, 0.3) is 0 Å². The predicted octanol–water partition coefficient (Wildman–Crippen LogP) is 3.02. The highest BCUT2D eigenvalue weighted by Crippen LogP contribution is 2.33. The molecular formula is C21H24BrClN2O5S. The first-order valence-corrected chi connectivity index (χ1v) is 13.2. The van der Waals surface area contributed by atoms with Gasteiger partial charge in [-0.1, -0.05) is 11.6 Å². The lowest BCUT2D eigenvalue weighted by molar-refractivity contribution is -0.139. The summed E-state index contributed by atoms with van der Waals surface area (Å²) in [5, 5.41) is 1.70. The van der Waals surface area contributed by atoms with Gasteiger partial charge in [0.2, 0.25) is 0 Å². The second kappa shape index (κ2) is 8.75. The van der Waals surface area contributed by atoms with Crippen molar-refractivity contribution in [1.82, 2.24) is 9.80 Å². The minimum atomic E-state index is -3.30. The van der Waals surface area contributed by atoms with E-state index < -0.39 is 15.9 Å². The van der Waals surface area contributed by atoms with Crippen LogP contribution in [0.3, 0.4) is 0 Å². The summed E-state index contributed by atoms with van der Waals surface area (Å²) in [6.07, 6.45) is 1.10. The highest BCUT2D eigenvalue weighted by Gasteiger charge is 2.44. The Morgan fingerprint density at radius 1 is 1.26 bits per heavy atom. The Morgan fingerprint density at radius 2 is 2.03 bits per heavy atom. The molecule has 31 heavy (non-hydrogen) atoms. The molecule has 1 aromatic rings. The van der Waals surface area contributed by atoms with Gasteiger partial charge in [-0.2, -0.15) is 0 Å². The van der Waals surface area contributed by atoms with Gasteiger partial charge in [0, 0.05) is 41.7 Å². The van der Waals surface area contributed by atoms with E-state index in [4.69, 9.17) is 16.3 Å². The number of halogens is 2. The number of ether oxygens (including phenoxy) is 1. The number of fused-ring (bicyclic) bond motifs is 2. The summed E-state index contributed by atoms with van der Waals surface area (Å²) in [5.74, 6) is 0.472. The van der Waals surface area contributed by atoms with E-state index in [0.29, 0.717) is 53.3 Å². The molecule has 2 fully saturated rings. The van der Waals surface area contributed by atoms with Crippen molar-refractivity contribution in [3.8, 4) is 5.75 Å². The van der Waals surface area contributed by atoms with Gasteiger partial charge in [-0.05, 0) is 66.2 Å². The molecule has 3 atom stereocenters. The van der Waals surface area contributed by atoms with Crippen molar-refractivity contribution in [3.05, 3.63) is 38.7 Å². The van der Waals surface area contributed by atoms with E-state index in [0.717, 1.165) is 11.8 Å². The molecule has 0 saturated carbocycles. The summed E-state index contributed by atoms with van der Waals surface area (Å²) < 4.78 is 30.3. The maximum atomic E-state index is 13.1. The summed E-state index contributed by atoms with van der Waals surface area (Å²) in [6.45, 7) is 3.23. The van der Waals surface area contributed by atoms with Crippen LogP contribution in [-0.2, 0) is 19.4 Å². The third-order valence-corrected chi connectivity index (χ3v) is 8.35. The van der Waals surface area contributed by atoms with Gasteiger partial charge in [-0.25, -0.2) is 8.42 Å². The number of amides is 2. The Kier molecular flexibility index (Phi) is 6.38. The normalized spacial score (nSPS) is 25.7. The Hall–Kier alpha value is -1.58. The van der Waals surface area contributed by atoms with Crippen LogP contribution in [0.15, 0.2) is 33.7 Å².